The first-order valence-electron chi connectivity index (χ1n) is 9.78. The summed E-state index contributed by atoms with van der Waals surface area (Å²) in [5, 5.41) is 3.78. The van der Waals surface area contributed by atoms with Crippen LogP contribution >= 0.6 is 0 Å². The number of rotatable bonds is 10. The number of amides is 1. The number of carbonyl (C=O) groups excluding carboxylic acids is 2. The van der Waals surface area contributed by atoms with Crippen molar-refractivity contribution in [2.24, 2.45) is 0 Å². The van der Waals surface area contributed by atoms with Gasteiger partial charge in [-0.15, -0.1) is 0 Å². The second-order valence-electron chi connectivity index (χ2n) is 7.05. The van der Waals surface area contributed by atoms with E-state index in [1.54, 1.807) is 7.11 Å². The number of sulfonamides is 1. The van der Waals surface area contributed by atoms with Crippen LogP contribution in [0.15, 0.2) is 59.6 Å². The monoisotopic (exact) mass is 443 g/mol. The van der Waals surface area contributed by atoms with Gasteiger partial charge in [-0.2, -0.15) is 0 Å². The summed E-state index contributed by atoms with van der Waals surface area (Å²) in [5.74, 6) is -0.439. The van der Waals surface area contributed by atoms with Crippen molar-refractivity contribution in [1.82, 2.24) is 9.29 Å². The number of fused-ring (bicyclic) bond motifs is 1. The minimum absolute atomic E-state index is 0.0162. The minimum atomic E-state index is -3.76. The molecule has 0 spiro atoms. The molecule has 3 aromatic rings. The van der Waals surface area contributed by atoms with Crippen LogP contribution in [0.4, 0.5) is 5.69 Å². The fourth-order valence-corrected chi connectivity index (χ4v) is 4.17. The molecule has 0 radical (unpaired) electrons. The van der Waals surface area contributed by atoms with Crippen molar-refractivity contribution in [3.05, 3.63) is 60.3 Å². The molecule has 0 saturated carbocycles. The second kappa shape index (κ2) is 9.86. The van der Waals surface area contributed by atoms with E-state index in [2.05, 4.69) is 14.6 Å². The van der Waals surface area contributed by atoms with Crippen LogP contribution in [0.2, 0.25) is 0 Å². The number of ether oxygens (including phenoxy) is 1. The lowest BCUT2D eigenvalue weighted by atomic mass is 10.2. The number of hydrogen-bond donors (Lipinski definition) is 2. The lowest BCUT2D eigenvalue weighted by Gasteiger charge is -2.09. The lowest BCUT2D eigenvalue weighted by molar-refractivity contribution is -0.116. The molecule has 1 amide bonds. The molecule has 3 rings (SSSR count). The van der Waals surface area contributed by atoms with E-state index in [9.17, 15) is 18.0 Å². The van der Waals surface area contributed by atoms with Crippen molar-refractivity contribution in [3.63, 3.8) is 0 Å². The zero-order valence-electron chi connectivity index (χ0n) is 17.4. The van der Waals surface area contributed by atoms with Crippen LogP contribution < -0.4 is 10.0 Å². The van der Waals surface area contributed by atoms with Crippen molar-refractivity contribution in [3.8, 4) is 0 Å². The Morgan fingerprint density at radius 3 is 2.48 bits per heavy atom. The van der Waals surface area contributed by atoms with E-state index in [0.717, 1.165) is 17.4 Å². The van der Waals surface area contributed by atoms with Crippen molar-refractivity contribution in [1.29, 1.82) is 0 Å². The Morgan fingerprint density at radius 2 is 1.81 bits per heavy atom. The van der Waals surface area contributed by atoms with E-state index in [0.29, 0.717) is 17.9 Å². The summed E-state index contributed by atoms with van der Waals surface area (Å²) < 4.78 is 34.3. The van der Waals surface area contributed by atoms with E-state index >= 15 is 0 Å². The third-order valence-electron chi connectivity index (χ3n) is 4.81. The maximum atomic E-state index is 12.3. The van der Waals surface area contributed by atoms with Crippen LogP contribution in [0, 0.1) is 0 Å². The van der Waals surface area contributed by atoms with Gasteiger partial charge in [0.25, 0.3) is 0 Å². The highest BCUT2D eigenvalue weighted by Gasteiger charge is 2.15. The first kappa shape index (κ1) is 22.7. The molecule has 2 N–H and O–H groups in total. The first-order chi connectivity index (χ1) is 14.8. The van der Waals surface area contributed by atoms with Crippen LogP contribution in [0.1, 0.15) is 23.7 Å². The smallest absolute Gasteiger partial charge is 0.240 e. The quantitative estimate of drug-likeness (QED) is 0.469. The van der Waals surface area contributed by atoms with Crippen molar-refractivity contribution in [2.45, 2.75) is 24.8 Å². The molecule has 164 valence electrons. The van der Waals surface area contributed by atoms with E-state index < -0.39 is 10.0 Å². The number of anilines is 1. The number of carbonyl (C=O) groups is 2. The predicted molar refractivity (Wildman–Crippen MR) is 119 cm³/mol. The Labute approximate surface area is 181 Å². The van der Waals surface area contributed by atoms with E-state index in [4.69, 9.17) is 4.74 Å². The summed E-state index contributed by atoms with van der Waals surface area (Å²) in [6, 6.07) is 13.2. The number of benzene rings is 2. The molecular weight excluding hydrogens is 418 g/mol. The van der Waals surface area contributed by atoms with Gasteiger partial charge < -0.3 is 14.6 Å². The zero-order chi connectivity index (χ0) is 22.4. The molecule has 0 atom stereocenters. The average Bonchev–Trinajstić information content (AvgIpc) is 3.14. The Hall–Kier alpha value is -3.01. The molecule has 31 heavy (non-hydrogen) atoms. The Kier molecular flexibility index (Phi) is 7.21. The lowest BCUT2D eigenvalue weighted by Crippen LogP contribution is -2.27. The normalized spacial score (nSPS) is 11.5. The molecule has 9 heteroatoms. The highest BCUT2D eigenvalue weighted by atomic mass is 32.2. The summed E-state index contributed by atoms with van der Waals surface area (Å²) in [5.41, 5.74) is 2.12. The molecule has 0 aliphatic carbocycles. The molecule has 0 saturated heterocycles. The predicted octanol–water partition coefficient (Wildman–Crippen LogP) is 2.80. The van der Waals surface area contributed by atoms with Gasteiger partial charge in [0.05, 0.1) is 11.5 Å². The maximum absolute atomic E-state index is 12.3. The third-order valence-corrected chi connectivity index (χ3v) is 6.28. The summed E-state index contributed by atoms with van der Waals surface area (Å²) in [7, 11) is -2.10. The van der Waals surface area contributed by atoms with Gasteiger partial charge in [-0.3, -0.25) is 9.59 Å². The summed E-state index contributed by atoms with van der Waals surface area (Å²) in [6.07, 6.45) is 1.95. The zero-order valence-corrected chi connectivity index (χ0v) is 18.2. The van der Waals surface area contributed by atoms with Gasteiger partial charge >= 0.3 is 0 Å². The number of nitrogens with zero attached hydrogens (tertiary/aromatic N) is 1. The summed E-state index contributed by atoms with van der Waals surface area (Å²) in [4.78, 5) is 23.6. The SMILES string of the molecule is COCCn1ccc2cc(NC(=O)CCNS(=O)(=O)c3ccc(C(C)=O)cc3)ccc21. The highest BCUT2D eigenvalue weighted by molar-refractivity contribution is 7.89. The number of methoxy groups -OCH3 is 1. The van der Waals surface area contributed by atoms with Crippen LogP contribution in [0.5, 0.6) is 0 Å². The number of hydrogen-bond acceptors (Lipinski definition) is 5. The number of ketones is 1. The van der Waals surface area contributed by atoms with Gasteiger partial charge in [0.2, 0.25) is 15.9 Å². The number of aromatic nitrogens is 1. The van der Waals surface area contributed by atoms with Crippen LogP contribution in [0.3, 0.4) is 0 Å². The fourth-order valence-electron chi connectivity index (χ4n) is 3.14. The second-order valence-corrected chi connectivity index (χ2v) is 8.82. The summed E-state index contributed by atoms with van der Waals surface area (Å²) >= 11 is 0. The molecule has 0 aliphatic heterocycles. The Bertz CT molecular complexity index is 1180. The van der Waals surface area contributed by atoms with Gasteiger partial charge in [0.1, 0.15) is 0 Å². The molecule has 1 heterocycles. The van der Waals surface area contributed by atoms with Crippen molar-refractivity contribution < 1.29 is 22.7 Å². The average molecular weight is 444 g/mol. The molecule has 0 fully saturated rings. The van der Waals surface area contributed by atoms with Crippen LogP contribution in [-0.4, -0.2) is 44.9 Å². The minimum Gasteiger partial charge on any atom is -0.383 e. The van der Waals surface area contributed by atoms with E-state index in [-0.39, 0.29) is 29.6 Å². The fraction of sp³-hybridized carbons (Fsp3) is 0.273. The molecule has 0 aliphatic rings. The standard InChI is InChI=1S/C22H25N3O5S/c1-16(26)17-3-6-20(7-4-17)31(28,29)23-11-9-22(27)24-19-5-8-21-18(15-19)10-12-25(21)13-14-30-2/h3-8,10,12,15,23H,9,11,13-14H2,1-2H3,(H,24,27). The number of Topliss-reactive ketones (excluding diaryl/α,β-unsaturated/α-hetero) is 1. The van der Waals surface area contributed by atoms with Crippen molar-refractivity contribution in [2.75, 3.05) is 25.6 Å². The summed E-state index contributed by atoms with van der Waals surface area (Å²) in [6.45, 7) is 2.72. The van der Waals surface area contributed by atoms with E-state index in [1.807, 2.05) is 30.5 Å². The van der Waals surface area contributed by atoms with Crippen LogP contribution in [0.25, 0.3) is 10.9 Å². The van der Waals surface area contributed by atoms with Gasteiger partial charge in [0.15, 0.2) is 5.78 Å². The molecule has 0 bridgehead atoms. The molecule has 2 aromatic carbocycles. The van der Waals surface area contributed by atoms with Gasteiger partial charge in [-0.25, -0.2) is 13.1 Å². The van der Waals surface area contributed by atoms with Gasteiger partial charge in [-0.1, -0.05) is 12.1 Å². The van der Waals surface area contributed by atoms with Crippen LogP contribution in [-0.2, 0) is 26.1 Å². The number of nitrogens with one attached hydrogen (secondary N) is 2. The van der Waals surface area contributed by atoms with Gasteiger partial charge in [0, 0.05) is 55.0 Å². The largest absolute Gasteiger partial charge is 0.383 e. The molecule has 8 nitrogen and oxygen atoms in total. The van der Waals surface area contributed by atoms with Gasteiger partial charge in [-0.05, 0) is 43.3 Å². The Morgan fingerprint density at radius 1 is 1.06 bits per heavy atom. The Balaban J connectivity index is 1.54. The molecule has 0 unspecified atom stereocenters. The third kappa shape index (κ3) is 5.78. The topological polar surface area (TPSA) is 106 Å². The molecule has 1 aromatic heterocycles. The van der Waals surface area contributed by atoms with E-state index in [1.165, 1.54) is 31.2 Å². The first-order valence-corrected chi connectivity index (χ1v) is 11.3. The molecular formula is C22H25N3O5S. The highest BCUT2D eigenvalue weighted by Crippen LogP contribution is 2.21. The van der Waals surface area contributed by atoms with Crippen molar-refractivity contribution >= 4 is 38.3 Å². The maximum Gasteiger partial charge on any atom is 0.240 e.